The molecule has 0 spiro atoms. The van der Waals surface area contributed by atoms with E-state index in [1.54, 1.807) is 18.2 Å². The molecule has 2 aromatic carbocycles. The first kappa shape index (κ1) is 17.7. The van der Waals surface area contributed by atoms with E-state index in [4.69, 9.17) is 5.11 Å². The first-order chi connectivity index (χ1) is 12.5. The molecule has 1 unspecified atom stereocenters. The Hall–Kier alpha value is -3.13. The van der Waals surface area contributed by atoms with Gasteiger partial charge in [0.05, 0.1) is 12.6 Å². The maximum Gasteiger partial charge on any atom is 0.305 e. The van der Waals surface area contributed by atoms with Crippen molar-refractivity contribution in [2.45, 2.75) is 11.7 Å². The summed E-state index contributed by atoms with van der Waals surface area (Å²) in [6, 6.07) is 14.5. The number of aromatic hydroxyl groups is 1. The summed E-state index contributed by atoms with van der Waals surface area (Å²) in [5.74, 6) is -1.20. The number of carboxylic acids is 1. The van der Waals surface area contributed by atoms with Crippen LogP contribution in [0.15, 0.2) is 58.7 Å². The molecule has 1 aliphatic rings. The van der Waals surface area contributed by atoms with E-state index in [1.807, 2.05) is 30.3 Å². The molecule has 0 saturated carbocycles. The molecule has 7 nitrogen and oxygen atoms in total. The van der Waals surface area contributed by atoms with Crippen LogP contribution < -0.4 is 5.32 Å². The fourth-order valence-electron chi connectivity index (χ4n) is 2.34. The molecule has 1 saturated heterocycles. The van der Waals surface area contributed by atoms with Crippen molar-refractivity contribution in [1.29, 1.82) is 0 Å². The molecule has 26 heavy (non-hydrogen) atoms. The molecule has 0 aliphatic carbocycles. The van der Waals surface area contributed by atoms with Crippen molar-refractivity contribution < 1.29 is 19.8 Å². The highest BCUT2D eigenvalue weighted by Crippen LogP contribution is 2.24. The summed E-state index contributed by atoms with van der Waals surface area (Å²) >= 11 is 1.05. The predicted octanol–water partition coefficient (Wildman–Crippen LogP) is 2.46. The van der Waals surface area contributed by atoms with E-state index in [9.17, 15) is 14.7 Å². The van der Waals surface area contributed by atoms with E-state index in [0.29, 0.717) is 0 Å². The average Bonchev–Trinajstić information content (AvgIpc) is 2.94. The Morgan fingerprint density at radius 1 is 1.19 bits per heavy atom. The number of phenols is 1. The molecule has 1 atom stereocenters. The van der Waals surface area contributed by atoms with Crippen molar-refractivity contribution in [3.8, 4) is 16.9 Å². The van der Waals surface area contributed by atoms with Crippen LogP contribution in [0, 0.1) is 0 Å². The van der Waals surface area contributed by atoms with Crippen LogP contribution in [0.2, 0.25) is 0 Å². The highest BCUT2D eigenvalue weighted by atomic mass is 32.2. The van der Waals surface area contributed by atoms with E-state index in [-0.39, 0.29) is 23.2 Å². The van der Waals surface area contributed by atoms with E-state index >= 15 is 0 Å². The Morgan fingerprint density at radius 2 is 1.96 bits per heavy atom. The number of aliphatic carboxylic acids is 1. The Labute approximate surface area is 153 Å². The van der Waals surface area contributed by atoms with Gasteiger partial charge in [-0.3, -0.25) is 9.59 Å². The lowest BCUT2D eigenvalue weighted by Crippen LogP contribution is -2.26. The second-order valence-electron chi connectivity index (χ2n) is 5.52. The largest absolute Gasteiger partial charge is 0.508 e. The van der Waals surface area contributed by atoms with Crippen LogP contribution in [-0.2, 0) is 9.59 Å². The van der Waals surface area contributed by atoms with Gasteiger partial charge in [0.1, 0.15) is 11.0 Å². The van der Waals surface area contributed by atoms with Crippen molar-refractivity contribution in [3.05, 3.63) is 54.1 Å². The minimum Gasteiger partial charge on any atom is -0.508 e. The second kappa shape index (κ2) is 7.83. The number of hydrogen-bond acceptors (Lipinski definition) is 6. The average molecular weight is 369 g/mol. The maximum absolute atomic E-state index is 11.6. The predicted molar refractivity (Wildman–Crippen MR) is 100 cm³/mol. The van der Waals surface area contributed by atoms with Gasteiger partial charge in [0.2, 0.25) is 5.91 Å². The molecular weight excluding hydrogens is 354 g/mol. The Kier molecular flexibility index (Phi) is 5.33. The highest BCUT2D eigenvalue weighted by Gasteiger charge is 2.32. The quantitative estimate of drug-likeness (QED) is 0.554. The molecular formula is C18H15N3O4S. The zero-order valence-corrected chi connectivity index (χ0v) is 14.3. The van der Waals surface area contributed by atoms with Crippen LogP contribution in [0.25, 0.3) is 11.1 Å². The number of nitrogens with one attached hydrogen (secondary N) is 1. The number of carbonyl (C=O) groups excluding carboxylic acids is 1. The number of thioether (sulfide) groups is 1. The van der Waals surface area contributed by atoms with Crippen LogP contribution >= 0.6 is 11.8 Å². The molecule has 132 valence electrons. The number of carboxylic acid groups (broad SMARTS) is 1. The summed E-state index contributed by atoms with van der Waals surface area (Å²) in [7, 11) is 0. The molecule has 3 rings (SSSR count). The van der Waals surface area contributed by atoms with Crippen molar-refractivity contribution in [3.63, 3.8) is 0 Å². The van der Waals surface area contributed by atoms with Gasteiger partial charge in [-0.15, -0.1) is 5.10 Å². The molecule has 3 N–H and O–H groups in total. The normalized spacial score (nSPS) is 18.4. The third-order valence-electron chi connectivity index (χ3n) is 3.58. The standard InChI is InChI=1S/C18H15N3O4S/c22-14-3-1-2-13(8-14)12-6-4-11(5-7-12)10-19-21-18-20-17(25)15(26-18)9-16(23)24/h1-8,10,15,22H,9H2,(H,23,24)(H,20,21,25). The smallest absolute Gasteiger partial charge is 0.305 e. The molecule has 8 heteroatoms. The lowest BCUT2D eigenvalue weighted by molar-refractivity contribution is -0.138. The summed E-state index contributed by atoms with van der Waals surface area (Å²) < 4.78 is 0. The summed E-state index contributed by atoms with van der Waals surface area (Å²) in [4.78, 5) is 22.3. The van der Waals surface area contributed by atoms with E-state index in [0.717, 1.165) is 28.5 Å². The number of nitrogens with zero attached hydrogens (tertiary/aromatic N) is 2. The maximum atomic E-state index is 11.6. The second-order valence-corrected chi connectivity index (χ2v) is 6.71. The van der Waals surface area contributed by atoms with Crippen molar-refractivity contribution >= 4 is 35.0 Å². The number of carbonyl (C=O) groups is 2. The number of phenolic OH excluding ortho intramolecular Hbond substituents is 1. The number of amidine groups is 1. The minimum absolute atomic E-state index is 0.210. The number of amides is 1. The van der Waals surface area contributed by atoms with E-state index < -0.39 is 11.2 Å². The van der Waals surface area contributed by atoms with Gasteiger partial charge in [-0.1, -0.05) is 48.2 Å². The van der Waals surface area contributed by atoms with Gasteiger partial charge in [0, 0.05) is 0 Å². The zero-order chi connectivity index (χ0) is 18.5. The Bertz CT molecular complexity index is 894. The zero-order valence-electron chi connectivity index (χ0n) is 13.5. The molecule has 1 heterocycles. The van der Waals surface area contributed by atoms with Crippen molar-refractivity contribution in [2.75, 3.05) is 0 Å². The number of rotatable bonds is 5. The molecule has 0 radical (unpaired) electrons. The van der Waals surface area contributed by atoms with Gasteiger partial charge < -0.3 is 15.5 Å². The van der Waals surface area contributed by atoms with Crippen LogP contribution in [0.1, 0.15) is 12.0 Å². The molecule has 1 aliphatic heterocycles. The molecule has 1 amide bonds. The number of hydrogen-bond donors (Lipinski definition) is 3. The number of benzene rings is 2. The Balaban J connectivity index is 1.64. The van der Waals surface area contributed by atoms with Crippen LogP contribution in [-0.4, -0.2) is 38.7 Å². The van der Waals surface area contributed by atoms with Gasteiger partial charge in [-0.25, -0.2) is 0 Å². The topological polar surface area (TPSA) is 111 Å². The molecule has 0 bridgehead atoms. The lowest BCUT2D eigenvalue weighted by Gasteiger charge is -2.02. The third kappa shape index (κ3) is 4.48. The summed E-state index contributed by atoms with van der Waals surface area (Å²) in [5, 5.41) is 28.2. The first-order valence-electron chi connectivity index (χ1n) is 7.71. The van der Waals surface area contributed by atoms with Gasteiger partial charge in [-0.2, -0.15) is 5.10 Å². The summed E-state index contributed by atoms with van der Waals surface area (Å²) in [6.07, 6.45) is 1.28. The van der Waals surface area contributed by atoms with Gasteiger partial charge >= 0.3 is 5.97 Å². The van der Waals surface area contributed by atoms with Crippen LogP contribution in [0.4, 0.5) is 0 Å². The lowest BCUT2D eigenvalue weighted by atomic mass is 10.0. The van der Waals surface area contributed by atoms with Gasteiger partial charge in [-0.05, 0) is 28.8 Å². The van der Waals surface area contributed by atoms with Crippen LogP contribution in [0.3, 0.4) is 0 Å². The molecule has 2 aromatic rings. The van der Waals surface area contributed by atoms with Gasteiger partial charge in [0.15, 0.2) is 5.17 Å². The highest BCUT2D eigenvalue weighted by molar-refractivity contribution is 8.15. The summed E-state index contributed by atoms with van der Waals surface area (Å²) in [5.41, 5.74) is 2.68. The van der Waals surface area contributed by atoms with E-state index in [2.05, 4.69) is 15.5 Å². The SMILES string of the molecule is O=C(O)CC1SC(=NN=Cc2ccc(-c3cccc(O)c3)cc2)NC1=O. The Morgan fingerprint density at radius 3 is 2.65 bits per heavy atom. The van der Waals surface area contributed by atoms with Crippen molar-refractivity contribution in [1.82, 2.24) is 5.32 Å². The summed E-state index contributed by atoms with van der Waals surface area (Å²) in [6.45, 7) is 0. The first-order valence-corrected chi connectivity index (χ1v) is 8.59. The minimum atomic E-state index is -1.03. The van der Waals surface area contributed by atoms with Crippen molar-refractivity contribution in [2.24, 2.45) is 10.2 Å². The third-order valence-corrected chi connectivity index (χ3v) is 4.65. The van der Waals surface area contributed by atoms with Crippen LogP contribution in [0.5, 0.6) is 5.75 Å². The molecule has 1 fully saturated rings. The van der Waals surface area contributed by atoms with E-state index in [1.165, 1.54) is 6.21 Å². The van der Waals surface area contributed by atoms with Gasteiger partial charge in [0.25, 0.3) is 0 Å². The molecule has 0 aromatic heterocycles. The fourth-order valence-corrected chi connectivity index (χ4v) is 3.26. The fraction of sp³-hybridized carbons (Fsp3) is 0.111. The monoisotopic (exact) mass is 369 g/mol.